The van der Waals surface area contributed by atoms with E-state index in [1.54, 1.807) is 18.5 Å². The molecule has 132 valence electrons. The van der Waals surface area contributed by atoms with Gasteiger partial charge in [-0.1, -0.05) is 41.9 Å². The summed E-state index contributed by atoms with van der Waals surface area (Å²) in [6.45, 7) is 6.41. The van der Waals surface area contributed by atoms with Crippen molar-refractivity contribution in [2.45, 2.75) is 27.3 Å². The number of carbonyl (C=O) groups is 1. The maximum atomic E-state index is 13.4. The van der Waals surface area contributed by atoms with Crippen molar-refractivity contribution in [2.75, 3.05) is 4.90 Å². The molecule has 0 aliphatic carbocycles. The molecule has 0 fully saturated rings. The van der Waals surface area contributed by atoms with E-state index in [4.69, 9.17) is 11.6 Å². The average molecular weight is 365 g/mol. The minimum atomic E-state index is -0.0396. The van der Waals surface area contributed by atoms with Gasteiger partial charge in [-0.05, 0) is 61.2 Å². The fourth-order valence-electron chi connectivity index (χ4n) is 3.16. The standard InChI is InChI=1S/C22H21ClN2O/c1-15-6-4-7-16(2)21(15)25(14-18-8-5-9-19(23)12-18)22(26)20-10-11-24-13-17(20)3/h4-13H,14H2,1-3H3. The van der Waals surface area contributed by atoms with Crippen molar-refractivity contribution in [1.29, 1.82) is 0 Å². The Morgan fingerprint density at radius 3 is 2.35 bits per heavy atom. The van der Waals surface area contributed by atoms with Gasteiger partial charge >= 0.3 is 0 Å². The highest BCUT2D eigenvalue weighted by atomic mass is 35.5. The number of rotatable bonds is 4. The molecule has 3 nitrogen and oxygen atoms in total. The number of para-hydroxylation sites is 1. The molecule has 2 aromatic carbocycles. The molecule has 0 saturated carbocycles. The van der Waals surface area contributed by atoms with E-state index in [0.717, 1.165) is 27.9 Å². The van der Waals surface area contributed by atoms with E-state index in [2.05, 4.69) is 4.98 Å². The zero-order chi connectivity index (χ0) is 18.7. The Kier molecular flexibility index (Phi) is 5.38. The normalized spacial score (nSPS) is 10.6. The molecule has 0 atom stereocenters. The molecule has 26 heavy (non-hydrogen) atoms. The van der Waals surface area contributed by atoms with Crippen molar-refractivity contribution < 1.29 is 4.79 Å². The van der Waals surface area contributed by atoms with Crippen molar-refractivity contribution in [3.05, 3.63) is 93.8 Å². The Morgan fingerprint density at radius 1 is 1.00 bits per heavy atom. The van der Waals surface area contributed by atoms with Gasteiger partial charge in [-0.3, -0.25) is 9.78 Å². The van der Waals surface area contributed by atoms with Crippen molar-refractivity contribution in [2.24, 2.45) is 0 Å². The number of hydrogen-bond donors (Lipinski definition) is 0. The molecule has 0 aliphatic rings. The van der Waals surface area contributed by atoms with E-state index in [9.17, 15) is 4.79 Å². The highest BCUT2D eigenvalue weighted by molar-refractivity contribution is 6.30. The van der Waals surface area contributed by atoms with Crippen LogP contribution in [-0.2, 0) is 6.54 Å². The molecule has 4 heteroatoms. The van der Waals surface area contributed by atoms with E-state index in [-0.39, 0.29) is 5.91 Å². The van der Waals surface area contributed by atoms with Gasteiger partial charge in [-0.2, -0.15) is 0 Å². The molecule has 3 rings (SSSR count). The van der Waals surface area contributed by atoms with Crippen molar-refractivity contribution >= 4 is 23.2 Å². The molecular formula is C22H21ClN2O. The monoisotopic (exact) mass is 364 g/mol. The van der Waals surface area contributed by atoms with Crippen LogP contribution < -0.4 is 4.90 Å². The third-order valence-electron chi connectivity index (χ3n) is 4.43. The first-order valence-corrected chi connectivity index (χ1v) is 8.88. The van der Waals surface area contributed by atoms with Gasteiger partial charge in [0.25, 0.3) is 5.91 Å². The SMILES string of the molecule is Cc1cnccc1C(=O)N(Cc1cccc(Cl)c1)c1c(C)cccc1C. The van der Waals surface area contributed by atoms with Gasteiger partial charge in [0.05, 0.1) is 12.2 Å². The number of pyridine rings is 1. The van der Waals surface area contributed by atoms with Crippen LogP contribution in [0.1, 0.15) is 32.6 Å². The molecule has 0 radical (unpaired) electrons. The van der Waals surface area contributed by atoms with Gasteiger partial charge in [0.2, 0.25) is 0 Å². The molecule has 0 spiro atoms. The third kappa shape index (κ3) is 3.78. The number of aromatic nitrogens is 1. The number of carbonyl (C=O) groups excluding carboxylic acids is 1. The van der Waals surface area contributed by atoms with E-state index in [1.807, 2.05) is 68.1 Å². The lowest BCUT2D eigenvalue weighted by Crippen LogP contribution is -2.32. The Hall–Kier alpha value is -2.65. The summed E-state index contributed by atoms with van der Waals surface area (Å²) in [6.07, 6.45) is 3.37. The molecular weight excluding hydrogens is 344 g/mol. The Balaban J connectivity index is 2.10. The molecule has 0 aliphatic heterocycles. The number of aryl methyl sites for hydroxylation is 3. The van der Waals surface area contributed by atoms with Crippen LogP contribution in [-0.4, -0.2) is 10.9 Å². The zero-order valence-electron chi connectivity index (χ0n) is 15.2. The summed E-state index contributed by atoms with van der Waals surface area (Å²) in [7, 11) is 0. The summed E-state index contributed by atoms with van der Waals surface area (Å²) in [6, 6.07) is 15.5. The second kappa shape index (κ2) is 7.71. The number of amides is 1. The predicted octanol–water partition coefficient (Wildman–Crippen LogP) is 5.51. The molecule has 1 amide bonds. The van der Waals surface area contributed by atoms with Crippen molar-refractivity contribution in [3.8, 4) is 0 Å². The molecule has 0 bridgehead atoms. The van der Waals surface area contributed by atoms with Gasteiger partial charge in [0.1, 0.15) is 0 Å². The molecule has 1 heterocycles. The quantitative estimate of drug-likeness (QED) is 0.611. The summed E-state index contributed by atoms with van der Waals surface area (Å²) >= 11 is 6.15. The van der Waals surface area contributed by atoms with Gasteiger partial charge in [0, 0.05) is 23.0 Å². The first kappa shape index (κ1) is 18.2. The summed E-state index contributed by atoms with van der Waals surface area (Å²) < 4.78 is 0. The topological polar surface area (TPSA) is 33.2 Å². The molecule has 0 saturated heterocycles. The maximum absolute atomic E-state index is 13.4. The first-order valence-electron chi connectivity index (χ1n) is 8.50. The van der Waals surface area contributed by atoms with Crippen LogP contribution in [0.15, 0.2) is 60.9 Å². The fraction of sp³-hybridized carbons (Fsp3) is 0.182. The van der Waals surface area contributed by atoms with Crippen molar-refractivity contribution in [3.63, 3.8) is 0 Å². The maximum Gasteiger partial charge on any atom is 0.258 e. The molecule has 1 aromatic heterocycles. The van der Waals surface area contributed by atoms with Gasteiger partial charge < -0.3 is 4.90 Å². The minimum Gasteiger partial charge on any atom is -0.303 e. The van der Waals surface area contributed by atoms with E-state index >= 15 is 0 Å². The Labute approximate surface area is 159 Å². The van der Waals surface area contributed by atoms with Gasteiger partial charge in [-0.25, -0.2) is 0 Å². The van der Waals surface area contributed by atoms with Crippen LogP contribution in [0, 0.1) is 20.8 Å². The van der Waals surface area contributed by atoms with E-state index < -0.39 is 0 Å². The highest BCUT2D eigenvalue weighted by Crippen LogP contribution is 2.29. The number of anilines is 1. The third-order valence-corrected chi connectivity index (χ3v) is 4.67. The van der Waals surface area contributed by atoms with Crippen LogP contribution >= 0.6 is 11.6 Å². The lowest BCUT2D eigenvalue weighted by Gasteiger charge is -2.27. The van der Waals surface area contributed by atoms with E-state index in [0.29, 0.717) is 17.1 Å². The number of benzene rings is 2. The van der Waals surface area contributed by atoms with Crippen LogP contribution in [0.25, 0.3) is 0 Å². The zero-order valence-corrected chi connectivity index (χ0v) is 15.9. The second-order valence-electron chi connectivity index (χ2n) is 6.45. The molecule has 0 N–H and O–H groups in total. The van der Waals surface area contributed by atoms with E-state index in [1.165, 1.54) is 0 Å². The van der Waals surface area contributed by atoms with Crippen LogP contribution in [0.4, 0.5) is 5.69 Å². The second-order valence-corrected chi connectivity index (χ2v) is 6.89. The summed E-state index contributed by atoms with van der Waals surface area (Å²) in [4.78, 5) is 19.4. The summed E-state index contributed by atoms with van der Waals surface area (Å²) in [5.74, 6) is -0.0396. The first-order chi connectivity index (χ1) is 12.5. The Morgan fingerprint density at radius 2 is 1.69 bits per heavy atom. The predicted molar refractivity (Wildman–Crippen MR) is 107 cm³/mol. The average Bonchev–Trinajstić information content (AvgIpc) is 2.60. The number of halogens is 1. The Bertz CT molecular complexity index is 932. The smallest absolute Gasteiger partial charge is 0.258 e. The summed E-state index contributed by atoms with van der Waals surface area (Å²) in [5.41, 5.74) is 5.57. The van der Waals surface area contributed by atoms with Crippen LogP contribution in [0.3, 0.4) is 0 Å². The summed E-state index contributed by atoms with van der Waals surface area (Å²) in [5, 5.41) is 0.663. The van der Waals surface area contributed by atoms with Crippen molar-refractivity contribution in [1.82, 2.24) is 4.98 Å². The van der Waals surface area contributed by atoms with Crippen LogP contribution in [0.5, 0.6) is 0 Å². The molecule has 0 unspecified atom stereocenters. The molecule has 3 aromatic rings. The van der Waals surface area contributed by atoms with Gasteiger partial charge in [0.15, 0.2) is 0 Å². The minimum absolute atomic E-state index is 0.0396. The van der Waals surface area contributed by atoms with Gasteiger partial charge in [-0.15, -0.1) is 0 Å². The van der Waals surface area contributed by atoms with Crippen LogP contribution in [0.2, 0.25) is 5.02 Å². The lowest BCUT2D eigenvalue weighted by atomic mass is 10.0. The lowest BCUT2D eigenvalue weighted by molar-refractivity contribution is 0.0984. The highest BCUT2D eigenvalue weighted by Gasteiger charge is 2.22. The number of hydrogen-bond acceptors (Lipinski definition) is 2. The number of nitrogens with zero attached hydrogens (tertiary/aromatic N) is 2. The fourth-order valence-corrected chi connectivity index (χ4v) is 3.37. The largest absolute Gasteiger partial charge is 0.303 e.